The first-order valence-corrected chi connectivity index (χ1v) is 5.36. The van der Waals surface area contributed by atoms with Gasteiger partial charge in [-0.25, -0.2) is 0 Å². The van der Waals surface area contributed by atoms with Gasteiger partial charge in [-0.1, -0.05) is 13.0 Å². The van der Waals surface area contributed by atoms with Crippen LogP contribution in [0.15, 0.2) is 11.6 Å². The van der Waals surface area contributed by atoms with Crippen LogP contribution in [0.5, 0.6) is 0 Å². The van der Waals surface area contributed by atoms with Crippen LogP contribution in [0.4, 0.5) is 0 Å². The van der Waals surface area contributed by atoms with E-state index in [1.54, 1.807) is 0 Å². The molecule has 0 radical (unpaired) electrons. The lowest BCUT2D eigenvalue weighted by Crippen LogP contribution is -2.45. The van der Waals surface area contributed by atoms with Crippen LogP contribution in [0.1, 0.15) is 33.1 Å². The average molecular weight is 196 g/mol. The van der Waals surface area contributed by atoms with Gasteiger partial charge in [-0.15, -0.1) is 0 Å². The Balaban J connectivity index is 2.55. The number of hydrogen-bond acceptors (Lipinski definition) is 2. The summed E-state index contributed by atoms with van der Waals surface area (Å²) in [6.07, 6.45) is 4.96. The topological polar surface area (TPSA) is 46.3 Å². The third-order valence-corrected chi connectivity index (χ3v) is 2.59. The summed E-state index contributed by atoms with van der Waals surface area (Å²) in [5.41, 5.74) is 6.67. The molecule has 14 heavy (non-hydrogen) atoms. The second-order valence-electron chi connectivity index (χ2n) is 3.95. The van der Waals surface area contributed by atoms with E-state index in [0.29, 0.717) is 6.54 Å². The number of nitrogens with two attached hydrogens (primary N) is 1. The predicted octanol–water partition coefficient (Wildman–Crippen LogP) is 1.29. The van der Waals surface area contributed by atoms with Crippen LogP contribution in [0.2, 0.25) is 0 Å². The number of amides is 1. The van der Waals surface area contributed by atoms with Crippen LogP contribution >= 0.6 is 0 Å². The highest BCUT2D eigenvalue weighted by molar-refractivity contribution is 5.92. The summed E-state index contributed by atoms with van der Waals surface area (Å²) in [5, 5.41) is 0. The van der Waals surface area contributed by atoms with Gasteiger partial charge in [0.2, 0.25) is 5.91 Å². The molecular formula is C11H20N2O. The lowest BCUT2D eigenvalue weighted by Gasteiger charge is -2.31. The minimum atomic E-state index is 0.155. The fourth-order valence-electron chi connectivity index (χ4n) is 1.84. The molecule has 2 N–H and O–H groups in total. The summed E-state index contributed by atoms with van der Waals surface area (Å²) in [4.78, 5) is 13.7. The summed E-state index contributed by atoms with van der Waals surface area (Å²) >= 11 is 0. The van der Waals surface area contributed by atoms with Crippen LogP contribution in [-0.4, -0.2) is 29.9 Å². The number of allylic oxidation sites excluding steroid dienone is 1. The smallest absolute Gasteiger partial charge is 0.249 e. The van der Waals surface area contributed by atoms with Crippen LogP contribution in [0.3, 0.4) is 0 Å². The highest BCUT2D eigenvalue weighted by Crippen LogP contribution is 2.11. The van der Waals surface area contributed by atoms with Crippen molar-refractivity contribution in [1.29, 1.82) is 0 Å². The molecular weight excluding hydrogens is 176 g/mol. The summed E-state index contributed by atoms with van der Waals surface area (Å²) in [7, 11) is 0. The minimum Gasteiger partial charge on any atom is -0.337 e. The Morgan fingerprint density at radius 2 is 2.36 bits per heavy atom. The molecule has 1 rings (SSSR count). The van der Waals surface area contributed by atoms with Gasteiger partial charge in [0.05, 0.1) is 0 Å². The largest absolute Gasteiger partial charge is 0.337 e. The zero-order valence-electron chi connectivity index (χ0n) is 9.12. The number of hydrogen-bond donors (Lipinski definition) is 1. The van der Waals surface area contributed by atoms with Crippen molar-refractivity contribution in [1.82, 2.24) is 4.90 Å². The Bertz CT molecular complexity index is 235. The maximum Gasteiger partial charge on any atom is 0.249 e. The molecule has 0 aliphatic carbocycles. The highest BCUT2D eigenvalue weighted by atomic mass is 16.2. The number of likely N-dealkylation sites (tertiary alicyclic amines) is 1. The molecule has 80 valence electrons. The quantitative estimate of drug-likeness (QED) is 0.676. The Morgan fingerprint density at radius 1 is 1.64 bits per heavy atom. The number of carbonyl (C=O) groups is 1. The minimum absolute atomic E-state index is 0.155. The Hall–Kier alpha value is -0.830. The first-order valence-electron chi connectivity index (χ1n) is 5.36. The van der Waals surface area contributed by atoms with E-state index in [1.165, 1.54) is 0 Å². The first-order chi connectivity index (χ1) is 6.65. The van der Waals surface area contributed by atoms with Crippen molar-refractivity contribution in [2.75, 3.05) is 13.1 Å². The molecule has 1 fully saturated rings. The van der Waals surface area contributed by atoms with Crippen molar-refractivity contribution >= 4 is 5.91 Å². The normalized spacial score (nSPS) is 23.8. The lowest BCUT2D eigenvalue weighted by atomic mass is 10.1. The number of piperidine rings is 1. The summed E-state index contributed by atoms with van der Waals surface area (Å²) < 4.78 is 0. The van der Waals surface area contributed by atoms with Gasteiger partial charge >= 0.3 is 0 Å². The van der Waals surface area contributed by atoms with E-state index >= 15 is 0 Å². The van der Waals surface area contributed by atoms with Gasteiger partial charge in [0.1, 0.15) is 0 Å². The first kappa shape index (κ1) is 11.2. The van der Waals surface area contributed by atoms with E-state index in [9.17, 15) is 4.79 Å². The van der Waals surface area contributed by atoms with E-state index in [0.717, 1.165) is 31.4 Å². The molecule has 3 nitrogen and oxygen atoms in total. The molecule has 1 unspecified atom stereocenters. The fraction of sp³-hybridized carbons (Fsp3) is 0.727. The van der Waals surface area contributed by atoms with Crippen LogP contribution in [0, 0.1) is 0 Å². The molecule has 3 heteroatoms. The second-order valence-corrected chi connectivity index (χ2v) is 3.95. The summed E-state index contributed by atoms with van der Waals surface area (Å²) in [6, 6.07) is 0.169. The van der Waals surface area contributed by atoms with Gasteiger partial charge in [0.25, 0.3) is 0 Å². The van der Waals surface area contributed by atoms with E-state index in [2.05, 4.69) is 0 Å². The number of rotatable bonds is 2. The molecule has 1 atom stereocenters. The molecule has 1 heterocycles. The second kappa shape index (κ2) is 5.15. The molecule has 1 aliphatic heterocycles. The summed E-state index contributed by atoms with van der Waals surface area (Å²) in [5.74, 6) is 0.155. The van der Waals surface area contributed by atoms with Crippen molar-refractivity contribution in [3.63, 3.8) is 0 Å². The average Bonchev–Trinajstić information content (AvgIpc) is 2.17. The van der Waals surface area contributed by atoms with Crippen molar-refractivity contribution in [2.24, 2.45) is 5.73 Å². The van der Waals surface area contributed by atoms with Gasteiger partial charge in [-0.3, -0.25) is 4.79 Å². The van der Waals surface area contributed by atoms with Crippen molar-refractivity contribution < 1.29 is 4.79 Å². The summed E-state index contributed by atoms with van der Waals surface area (Å²) in [6.45, 7) is 5.50. The Labute approximate surface area is 86.0 Å². The molecule has 0 saturated carbocycles. The fourth-order valence-corrected chi connectivity index (χ4v) is 1.84. The Kier molecular flexibility index (Phi) is 4.14. The third kappa shape index (κ3) is 2.84. The Morgan fingerprint density at radius 3 is 2.93 bits per heavy atom. The molecule has 0 aromatic heterocycles. The molecule has 0 aromatic rings. The highest BCUT2D eigenvalue weighted by Gasteiger charge is 2.21. The predicted molar refractivity (Wildman–Crippen MR) is 57.8 cm³/mol. The molecule has 0 spiro atoms. The molecule has 1 amide bonds. The van der Waals surface area contributed by atoms with Crippen LogP contribution < -0.4 is 5.73 Å². The van der Waals surface area contributed by atoms with E-state index in [-0.39, 0.29) is 11.9 Å². The molecule has 1 saturated heterocycles. The van der Waals surface area contributed by atoms with Crippen molar-refractivity contribution in [3.05, 3.63) is 11.6 Å². The standard InChI is InChI=1S/C11H20N2O/c1-3-5-9(2)11(14)13-7-4-6-10(12)8-13/h5,10H,3-4,6-8,12H2,1-2H3/b9-5-. The molecule has 1 aliphatic rings. The maximum absolute atomic E-state index is 11.8. The number of nitrogens with zero attached hydrogens (tertiary/aromatic N) is 1. The van der Waals surface area contributed by atoms with E-state index in [1.807, 2.05) is 24.8 Å². The van der Waals surface area contributed by atoms with Gasteiger partial charge in [-0.05, 0) is 26.2 Å². The zero-order valence-corrected chi connectivity index (χ0v) is 9.12. The van der Waals surface area contributed by atoms with Gasteiger partial charge < -0.3 is 10.6 Å². The van der Waals surface area contributed by atoms with E-state index < -0.39 is 0 Å². The van der Waals surface area contributed by atoms with Gasteiger partial charge in [-0.2, -0.15) is 0 Å². The van der Waals surface area contributed by atoms with Crippen molar-refractivity contribution in [2.45, 2.75) is 39.2 Å². The van der Waals surface area contributed by atoms with E-state index in [4.69, 9.17) is 5.73 Å². The van der Waals surface area contributed by atoms with Gasteiger partial charge in [0, 0.05) is 24.7 Å². The lowest BCUT2D eigenvalue weighted by molar-refractivity contribution is -0.128. The zero-order chi connectivity index (χ0) is 10.6. The number of carbonyl (C=O) groups excluding carboxylic acids is 1. The molecule has 0 bridgehead atoms. The van der Waals surface area contributed by atoms with Crippen LogP contribution in [0.25, 0.3) is 0 Å². The SMILES string of the molecule is CC/C=C(/C)C(=O)N1CCCC(N)C1. The monoisotopic (exact) mass is 196 g/mol. The maximum atomic E-state index is 11.8. The van der Waals surface area contributed by atoms with Crippen LogP contribution in [-0.2, 0) is 4.79 Å². The van der Waals surface area contributed by atoms with Crippen molar-refractivity contribution in [3.8, 4) is 0 Å². The van der Waals surface area contributed by atoms with Gasteiger partial charge in [0.15, 0.2) is 0 Å². The molecule has 0 aromatic carbocycles. The third-order valence-electron chi connectivity index (χ3n) is 2.59.